The van der Waals surface area contributed by atoms with E-state index in [9.17, 15) is 9.59 Å². The van der Waals surface area contributed by atoms with Crippen LogP contribution in [0, 0.1) is 6.92 Å². The van der Waals surface area contributed by atoms with Gasteiger partial charge in [-0.25, -0.2) is 0 Å². The predicted octanol–water partition coefficient (Wildman–Crippen LogP) is 1.61. The van der Waals surface area contributed by atoms with Crippen LogP contribution in [0.2, 0.25) is 0 Å². The van der Waals surface area contributed by atoms with Gasteiger partial charge in [-0.1, -0.05) is 6.07 Å². The second kappa shape index (κ2) is 8.86. The van der Waals surface area contributed by atoms with Crippen LogP contribution in [-0.2, 0) is 9.53 Å². The molecule has 2 amide bonds. The van der Waals surface area contributed by atoms with Gasteiger partial charge < -0.3 is 21.1 Å². The van der Waals surface area contributed by atoms with Crippen LogP contribution in [0.15, 0.2) is 18.2 Å². The number of nitrogens with one attached hydrogen (secondary N) is 2. The van der Waals surface area contributed by atoms with Gasteiger partial charge in [-0.2, -0.15) is 0 Å². The molecule has 1 heterocycles. The van der Waals surface area contributed by atoms with Crippen molar-refractivity contribution in [3.8, 4) is 0 Å². The highest BCUT2D eigenvalue weighted by Gasteiger charge is 2.30. The number of carbonyl (C=O) groups is 2. The SMILES string of the molecule is CCNC(=O)c1ccc(C)c(NC(=O)[C@@H]2CC[C@H](CN)O2)c1.Cl. The van der Waals surface area contributed by atoms with Crippen molar-refractivity contribution in [2.24, 2.45) is 5.73 Å². The molecule has 128 valence electrons. The Morgan fingerprint density at radius 3 is 2.70 bits per heavy atom. The highest BCUT2D eigenvalue weighted by molar-refractivity contribution is 5.99. The van der Waals surface area contributed by atoms with Gasteiger partial charge in [0, 0.05) is 24.3 Å². The van der Waals surface area contributed by atoms with Crippen LogP contribution in [0.1, 0.15) is 35.7 Å². The summed E-state index contributed by atoms with van der Waals surface area (Å²) in [6.07, 6.45) is 0.953. The standard InChI is InChI=1S/C16H23N3O3.ClH/c1-3-18-15(20)11-5-4-10(2)13(8-11)19-16(21)14-7-6-12(9-17)22-14;/h4-5,8,12,14H,3,6-7,9,17H2,1-2H3,(H,18,20)(H,19,21);1H/t12-,14+;/m1./s1. The van der Waals surface area contributed by atoms with Gasteiger partial charge in [-0.15, -0.1) is 12.4 Å². The van der Waals surface area contributed by atoms with E-state index in [1.165, 1.54) is 0 Å². The normalized spacial score (nSPS) is 19.8. The van der Waals surface area contributed by atoms with Crippen LogP contribution in [0.3, 0.4) is 0 Å². The number of amides is 2. The van der Waals surface area contributed by atoms with E-state index in [1.54, 1.807) is 12.1 Å². The van der Waals surface area contributed by atoms with Crippen LogP contribution >= 0.6 is 12.4 Å². The molecule has 4 N–H and O–H groups in total. The average Bonchev–Trinajstić information content (AvgIpc) is 2.98. The second-order valence-electron chi connectivity index (χ2n) is 5.44. The molecule has 6 nitrogen and oxygen atoms in total. The van der Waals surface area contributed by atoms with E-state index in [2.05, 4.69) is 10.6 Å². The van der Waals surface area contributed by atoms with E-state index in [0.29, 0.717) is 30.8 Å². The zero-order chi connectivity index (χ0) is 16.1. The molecule has 1 aliphatic rings. The summed E-state index contributed by atoms with van der Waals surface area (Å²) in [4.78, 5) is 24.1. The first-order valence-corrected chi connectivity index (χ1v) is 7.60. The highest BCUT2D eigenvalue weighted by Crippen LogP contribution is 2.22. The Labute approximate surface area is 142 Å². The van der Waals surface area contributed by atoms with Crippen molar-refractivity contribution >= 4 is 29.9 Å². The fourth-order valence-corrected chi connectivity index (χ4v) is 2.45. The molecular formula is C16H24ClN3O3. The summed E-state index contributed by atoms with van der Waals surface area (Å²) in [6.45, 7) is 4.73. The Bertz CT molecular complexity index is 566. The summed E-state index contributed by atoms with van der Waals surface area (Å²) < 4.78 is 5.58. The van der Waals surface area contributed by atoms with Crippen molar-refractivity contribution in [1.29, 1.82) is 0 Å². The van der Waals surface area contributed by atoms with Gasteiger partial charge in [-0.05, 0) is 44.4 Å². The summed E-state index contributed by atoms with van der Waals surface area (Å²) in [7, 11) is 0. The third-order valence-corrected chi connectivity index (χ3v) is 3.76. The molecule has 7 heteroatoms. The van der Waals surface area contributed by atoms with Crippen LogP contribution in [0.25, 0.3) is 0 Å². The summed E-state index contributed by atoms with van der Waals surface area (Å²) in [5, 5.41) is 5.59. The number of carbonyl (C=O) groups excluding carboxylic acids is 2. The number of halogens is 1. The number of ether oxygens (including phenoxy) is 1. The fourth-order valence-electron chi connectivity index (χ4n) is 2.45. The Balaban J connectivity index is 0.00000264. The molecule has 2 rings (SSSR count). The quantitative estimate of drug-likeness (QED) is 0.758. The van der Waals surface area contributed by atoms with E-state index >= 15 is 0 Å². The Kier molecular flexibility index (Phi) is 7.48. The topological polar surface area (TPSA) is 93.5 Å². The molecule has 0 spiro atoms. The lowest BCUT2D eigenvalue weighted by Crippen LogP contribution is -2.30. The molecular weight excluding hydrogens is 318 g/mol. The Morgan fingerprint density at radius 1 is 1.35 bits per heavy atom. The van der Waals surface area contributed by atoms with E-state index in [0.717, 1.165) is 12.0 Å². The zero-order valence-corrected chi connectivity index (χ0v) is 14.2. The number of aryl methyl sites for hydroxylation is 1. The number of hydrogen-bond acceptors (Lipinski definition) is 4. The maximum absolute atomic E-state index is 12.3. The fraction of sp³-hybridized carbons (Fsp3) is 0.500. The van der Waals surface area contributed by atoms with E-state index < -0.39 is 6.10 Å². The summed E-state index contributed by atoms with van der Waals surface area (Å²) in [5.74, 6) is -0.342. The molecule has 1 saturated heterocycles. The third kappa shape index (κ3) is 4.92. The van der Waals surface area contributed by atoms with Crippen molar-refractivity contribution in [1.82, 2.24) is 5.32 Å². The molecule has 0 unspecified atom stereocenters. The Morgan fingerprint density at radius 2 is 2.09 bits per heavy atom. The number of benzene rings is 1. The van der Waals surface area contributed by atoms with Crippen molar-refractivity contribution < 1.29 is 14.3 Å². The first kappa shape index (κ1) is 19.4. The lowest BCUT2D eigenvalue weighted by molar-refractivity contribution is -0.126. The first-order chi connectivity index (χ1) is 10.5. The minimum atomic E-state index is -0.471. The third-order valence-electron chi connectivity index (χ3n) is 3.76. The first-order valence-electron chi connectivity index (χ1n) is 7.60. The van der Waals surface area contributed by atoms with Gasteiger partial charge in [0.25, 0.3) is 11.8 Å². The molecule has 0 radical (unpaired) electrons. The predicted molar refractivity (Wildman–Crippen MR) is 92.0 cm³/mol. The monoisotopic (exact) mass is 341 g/mol. The molecule has 0 aliphatic carbocycles. The minimum absolute atomic E-state index is 0. The van der Waals surface area contributed by atoms with Gasteiger partial charge in [-0.3, -0.25) is 9.59 Å². The minimum Gasteiger partial charge on any atom is -0.364 e. The lowest BCUT2D eigenvalue weighted by atomic mass is 10.1. The van der Waals surface area contributed by atoms with Crippen LogP contribution in [0.5, 0.6) is 0 Å². The van der Waals surface area contributed by atoms with Gasteiger partial charge >= 0.3 is 0 Å². The maximum Gasteiger partial charge on any atom is 0.253 e. The number of nitrogens with two attached hydrogens (primary N) is 1. The van der Waals surface area contributed by atoms with Crippen molar-refractivity contribution in [3.63, 3.8) is 0 Å². The molecule has 23 heavy (non-hydrogen) atoms. The van der Waals surface area contributed by atoms with Gasteiger partial charge in [0.1, 0.15) is 6.10 Å². The second-order valence-corrected chi connectivity index (χ2v) is 5.44. The van der Waals surface area contributed by atoms with Crippen molar-refractivity contribution in [3.05, 3.63) is 29.3 Å². The molecule has 0 aromatic heterocycles. The lowest BCUT2D eigenvalue weighted by Gasteiger charge is -2.15. The van der Waals surface area contributed by atoms with Crippen LogP contribution in [-0.4, -0.2) is 37.1 Å². The largest absolute Gasteiger partial charge is 0.364 e. The molecule has 2 atom stereocenters. The van der Waals surface area contributed by atoms with E-state index in [1.807, 2.05) is 19.9 Å². The Hall–Kier alpha value is -1.63. The molecule has 1 aliphatic heterocycles. The summed E-state index contributed by atoms with van der Waals surface area (Å²) in [6, 6.07) is 5.25. The van der Waals surface area contributed by atoms with Crippen LogP contribution < -0.4 is 16.4 Å². The average molecular weight is 342 g/mol. The van der Waals surface area contributed by atoms with Crippen molar-refractivity contribution in [2.75, 3.05) is 18.4 Å². The summed E-state index contributed by atoms with van der Waals surface area (Å²) >= 11 is 0. The molecule has 1 fully saturated rings. The van der Waals surface area contributed by atoms with Gasteiger partial charge in [0.05, 0.1) is 6.10 Å². The van der Waals surface area contributed by atoms with Crippen molar-refractivity contribution in [2.45, 2.75) is 38.9 Å². The maximum atomic E-state index is 12.3. The molecule has 0 saturated carbocycles. The van der Waals surface area contributed by atoms with Gasteiger partial charge in [0.15, 0.2) is 0 Å². The molecule has 0 bridgehead atoms. The highest BCUT2D eigenvalue weighted by atomic mass is 35.5. The molecule has 1 aromatic carbocycles. The summed E-state index contributed by atoms with van der Waals surface area (Å²) in [5.41, 5.74) is 7.61. The molecule has 1 aromatic rings. The van der Waals surface area contributed by atoms with E-state index in [4.69, 9.17) is 10.5 Å². The smallest absolute Gasteiger partial charge is 0.253 e. The zero-order valence-electron chi connectivity index (χ0n) is 13.4. The number of anilines is 1. The van der Waals surface area contributed by atoms with Crippen LogP contribution in [0.4, 0.5) is 5.69 Å². The van der Waals surface area contributed by atoms with Gasteiger partial charge in [0.2, 0.25) is 0 Å². The number of hydrogen-bond donors (Lipinski definition) is 3. The number of rotatable bonds is 5. The van der Waals surface area contributed by atoms with E-state index in [-0.39, 0.29) is 30.3 Å².